The highest BCUT2D eigenvalue weighted by atomic mass is 16.5. The summed E-state index contributed by atoms with van der Waals surface area (Å²) in [6.07, 6.45) is 0.853. The standard InChI is InChI=1S/C13H23NO6/c1-4-10(15)5-6-11(13(17)19-3)14-12(16)9-20-8-7-18-2/h11H,4-9H2,1-3H3,(H,14,16)/t11-/m0/s1. The van der Waals surface area contributed by atoms with Gasteiger partial charge in [-0.1, -0.05) is 6.92 Å². The quantitative estimate of drug-likeness (QED) is 0.427. The van der Waals surface area contributed by atoms with Crippen LogP contribution in [-0.4, -0.2) is 57.7 Å². The monoisotopic (exact) mass is 289 g/mol. The van der Waals surface area contributed by atoms with Gasteiger partial charge in [0.15, 0.2) is 0 Å². The van der Waals surface area contributed by atoms with Gasteiger partial charge in [0, 0.05) is 20.0 Å². The van der Waals surface area contributed by atoms with Crippen LogP contribution in [0.15, 0.2) is 0 Å². The van der Waals surface area contributed by atoms with Gasteiger partial charge in [0.2, 0.25) is 5.91 Å². The zero-order valence-electron chi connectivity index (χ0n) is 12.3. The van der Waals surface area contributed by atoms with E-state index in [1.165, 1.54) is 14.2 Å². The van der Waals surface area contributed by atoms with Crippen molar-refractivity contribution >= 4 is 17.7 Å². The lowest BCUT2D eigenvalue weighted by atomic mass is 10.1. The predicted molar refractivity (Wildman–Crippen MR) is 71.2 cm³/mol. The smallest absolute Gasteiger partial charge is 0.328 e. The van der Waals surface area contributed by atoms with Crippen LogP contribution in [-0.2, 0) is 28.6 Å². The lowest BCUT2D eigenvalue weighted by Gasteiger charge is -2.16. The second-order valence-electron chi connectivity index (χ2n) is 4.12. The molecule has 20 heavy (non-hydrogen) atoms. The van der Waals surface area contributed by atoms with Crippen molar-refractivity contribution in [3.63, 3.8) is 0 Å². The van der Waals surface area contributed by atoms with Gasteiger partial charge in [0.05, 0.1) is 20.3 Å². The molecule has 0 saturated carbocycles. The van der Waals surface area contributed by atoms with Crippen LogP contribution in [0.3, 0.4) is 0 Å². The Morgan fingerprint density at radius 3 is 2.40 bits per heavy atom. The van der Waals surface area contributed by atoms with Crippen LogP contribution in [0.5, 0.6) is 0 Å². The van der Waals surface area contributed by atoms with Crippen molar-refractivity contribution in [3.8, 4) is 0 Å². The molecule has 0 aliphatic rings. The zero-order chi connectivity index (χ0) is 15.4. The number of carbonyl (C=O) groups excluding carboxylic acids is 3. The average Bonchev–Trinajstić information content (AvgIpc) is 2.46. The third-order valence-corrected chi connectivity index (χ3v) is 2.59. The zero-order valence-corrected chi connectivity index (χ0v) is 12.3. The molecule has 0 saturated heterocycles. The van der Waals surface area contributed by atoms with Gasteiger partial charge in [0.1, 0.15) is 18.4 Å². The van der Waals surface area contributed by atoms with E-state index in [2.05, 4.69) is 10.1 Å². The van der Waals surface area contributed by atoms with Crippen LogP contribution in [0, 0.1) is 0 Å². The van der Waals surface area contributed by atoms with Crippen molar-refractivity contribution < 1.29 is 28.6 Å². The third kappa shape index (κ3) is 8.60. The van der Waals surface area contributed by atoms with Crippen molar-refractivity contribution in [2.75, 3.05) is 34.0 Å². The Hall–Kier alpha value is -1.47. The summed E-state index contributed by atoms with van der Waals surface area (Å²) < 4.78 is 14.4. The average molecular weight is 289 g/mol. The summed E-state index contributed by atoms with van der Waals surface area (Å²) in [6, 6.07) is -0.825. The maximum atomic E-state index is 11.6. The molecule has 7 nitrogen and oxygen atoms in total. The van der Waals surface area contributed by atoms with E-state index in [0.717, 1.165) is 0 Å². The third-order valence-electron chi connectivity index (χ3n) is 2.59. The molecule has 0 fully saturated rings. The fourth-order valence-corrected chi connectivity index (χ4v) is 1.42. The number of hydrogen-bond acceptors (Lipinski definition) is 6. The summed E-state index contributed by atoms with van der Waals surface area (Å²) in [5, 5.41) is 2.49. The Kier molecular flexibility index (Phi) is 10.5. The van der Waals surface area contributed by atoms with Crippen molar-refractivity contribution in [1.82, 2.24) is 5.32 Å². The van der Waals surface area contributed by atoms with E-state index in [0.29, 0.717) is 19.6 Å². The lowest BCUT2D eigenvalue weighted by molar-refractivity contribution is -0.146. The number of nitrogens with one attached hydrogen (secondary N) is 1. The minimum atomic E-state index is -0.825. The molecule has 0 spiro atoms. The first kappa shape index (κ1) is 18.5. The number of ketones is 1. The van der Waals surface area contributed by atoms with Crippen molar-refractivity contribution in [3.05, 3.63) is 0 Å². The highest BCUT2D eigenvalue weighted by Crippen LogP contribution is 2.02. The van der Waals surface area contributed by atoms with Gasteiger partial charge in [-0.25, -0.2) is 4.79 Å². The van der Waals surface area contributed by atoms with Crippen LogP contribution in [0.2, 0.25) is 0 Å². The van der Waals surface area contributed by atoms with Crippen molar-refractivity contribution in [2.45, 2.75) is 32.2 Å². The van der Waals surface area contributed by atoms with E-state index in [1.807, 2.05) is 0 Å². The van der Waals surface area contributed by atoms with Gasteiger partial charge in [-0.2, -0.15) is 0 Å². The van der Waals surface area contributed by atoms with Gasteiger partial charge in [-0.3, -0.25) is 9.59 Å². The highest BCUT2D eigenvalue weighted by molar-refractivity contribution is 5.86. The van der Waals surface area contributed by atoms with Crippen molar-refractivity contribution in [2.24, 2.45) is 0 Å². The molecule has 0 rings (SSSR count). The maximum Gasteiger partial charge on any atom is 0.328 e. The number of carbonyl (C=O) groups is 3. The van der Waals surface area contributed by atoms with E-state index < -0.39 is 17.9 Å². The van der Waals surface area contributed by atoms with Gasteiger partial charge in [0.25, 0.3) is 0 Å². The second kappa shape index (κ2) is 11.4. The van der Waals surface area contributed by atoms with Crippen LogP contribution in [0.25, 0.3) is 0 Å². The molecule has 0 aromatic heterocycles. The molecule has 1 amide bonds. The number of methoxy groups -OCH3 is 2. The number of ether oxygens (including phenoxy) is 3. The van der Waals surface area contributed by atoms with E-state index in [1.54, 1.807) is 6.92 Å². The Morgan fingerprint density at radius 1 is 1.15 bits per heavy atom. The Morgan fingerprint density at radius 2 is 1.85 bits per heavy atom. The fraction of sp³-hybridized carbons (Fsp3) is 0.769. The maximum absolute atomic E-state index is 11.6. The molecule has 0 radical (unpaired) electrons. The number of hydrogen-bond donors (Lipinski definition) is 1. The predicted octanol–water partition coefficient (Wildman–Crippen LogP) is 0.0665. The molecule has 0 aliphatic carbocycles. The van der Waals surface area contributed by atoms with Crippen LogP contribution in [0.1, 0.15) is 26.2 Å². The molecule has 1 atom stereocenters. The molecule has 0 aromatic carbocycles. The first-order valence-electron chi connectivity index (χ1n) is 6.50. The Balaban J connectivity index is 4.17. The van der Waals surface area contributed by atoms with Crippen LogP contribution >= 0.6 is 0 Å². The van der Waals surface area contributed by atoms with E-state index in [4.69, 9.17) is 9.47 Å². The molecule has 0 bridgehead atoms. The molecule has 7 heteroatoms. The number of amides is 1. The van der Waals surface area contributed by atoms with Crippen LogP contribution < -0.4 is 5.32 Å². The minimum absolute atomic E-state index is 0.0319. The summed E-state index contributed by atoms with van der Waals surface area (Å²) >= 11 is 0. The Bertz CT molecular complexity index is 318. The minimum Gasteiger partial charge on any atom is -0.467 e. The summed E-state index contributed by atoms with van der Waals surface area (Å²) in [7, 11) is 2.76. The van der Waals surface area contributed by atoms with E-state index in [-0.39, 0.29) is 25.2 Å². The van der Waals surface area contributed by atoms with Gasteiger partial charge >= 0.3 is 5.97 Å². The summed E-state index contributed by atoms with van der Waals surface area (Å²) in [4.78, 5) is 34.4. The number of rotatable bonds is 11. The highest BCUT2D eigenvalue weighted by Gasteiger charge is 2.22. The first-order chi connectivity index (χ1) is 9.54. The molecule has 116 valence electrons. The van der Waals surface area contributed by atoms with Crippen molar-refractivity contribution in [1.29, 1.82) is 0 Å². The van der Waals surface area contributed by atoms with Crippen LogP contribution in [0.4, 0.5) is 0 Å². The molecule has 0 unspecified atom stereocenters. The topological polar surface area (TPSA) is 90.9 Å². The first-order valence-corrected chi connectivity index (χ1v) is 6.50. The Labute approximate surface area is 118 Å². The summed E-state index contributed by atoms with van der Waals surface area (Å²) in [6.45, 7) is 2.26. The SMILES string of the molecule is CCC(=O)CC[C@H](NC(=O)COCCOC)C(=O)OC. The van der Waals surface area contributed by atoms with E-state index >= 15 is 0 Å². The molecular formula is C13H23NO6. The van der Waals surface area contributed by atoms with Gasteiger partial charge in [-0.15, -0.1) is 0 Å². The molecule has 0 heterocycles. The molecular weight excluding hydrogens is 266 g/mol. The normalized spacial score (nSPS) is 11.8. The number of Topliss-reactive ketones (excluding diaryl/α,β-unsaturated/α-hetero) is 1. The van der Waals surface area contributed by atoms with E-state index in [9.17, 15) is 14.4 Å². The molecule has 1 N–H and O–H groups in total. The number of esters is 1. The largest absolute Gasteiger partial charge is 0.467 e. The molecule has 0 aliphatic heterocycles. The summed E-state index contributed by atoms with van der Waals surface area (Å²) in [5.41, 5.74) is 0. The second-order valence-corrected chi connectivity index (χ2v) is 4.12. The summed E-state index contributed by atoms with van der Waals surface area (Å²) in [5.74, 6) is -0.968. The lowest BCUT2D eigenvalue weighted by Crippen LogP contribution is -2.43. The fourth-order valence-electron chi connectivity index (χ4n) is 1.42. The van der Waals surface area contributed by atoms with Gasteiger partial charge < -0.3 is 19.5 Å². The molecule has 0 aromatic rings. The van der Waals surface area contributed by atoms with Gasteiger partial charge in [-0.05, 0) is 6.42 Å².